The summed E-state index contributed by atoms with van der Waals surface area (Å²) in [5.74, 6) is 0.00724. The summed E-state index contributed by atoms with van der Waals surface area (Å²) in [5.41, 5.74) is 9.69. The van der Waals surface area contributed by atoms with Gasteiger partial charge in [0.1, 0.15) is 11.5 Å². The Balaban J connectivity index is 1.98. The number of aromatic nitrogens is 1. The SMILES string of the molecule is N=C(N)c1ccc(N2CCCCc3ccccc32)cn1. The first-order chi connectivity index (χ1) is 9.75. The van der Waals surface area contributed by atoms with Gasteiger partial charge in [-0.3, -0.25) is 10.4 Å². The number of para-hydroxylation sites is 1. The molecule has 0 unspecified atom stereocenters. The summed E-state index contributed by atoms with van der Waals surface area (Å²) in [4.78, 5) is 6.57. The van der Waals surface area contributed by atoms with Crippen molar-refractivity contribution in [1.29, 1.82) is 5.41 Å². The highest BCUT2D eigenvalue weighted by atomic mass is 15.1. The minimum atomic E-state index is 0.00724. The normalized spacial score (nSPS) is 14.5. The Hall–Kier alpha value is -2.36. The van der Waals surface area contributed by atoms with E-state index in [0.717, 1.165) is 18.7 Å². The van der Waals surface area contributed by atoms with Crippen molar-refractivity contribution in [2.45, 2.75) is 19.3 Å². The lowest BCUT2D eigenvalue weighted by atomic mass is 10.1. The van der Waals surface area contributed by atoms with Crippen molar-refractivity contribution in [3.8, 4) is 0 Å². The molecule has 0 saturated heterocycles. The highest BCUT2D eigenvalue weighted by Gasteiger charge is 2.16. The lowest BCUT2D eigenvalue weighted by molar-refractivity contribution is 0.760. The van der Waals surface area contributed by atoms with E-state index in [1.807, 2.05) is 12.1 Å². The van der Waals surface area contributed by atoms with Crippen LogP contribution >= 0.6 is 0 Å². The summed E-state index contributed by atoms with van der Waals surface area (Å²) in [6, 6.07) is 12.3. The molecule has 0 radical (unpaired) electrons. The molecule has 0 atom stereocenters. The fourth-order valence-electron chi connectivity index (χ4n) is 2.66. The molecule has 2 heterocycles. The van der Waals surface area contributed by atoms with Gasteiger partial charge < -0.3 is 10.6 Å². The van der Waals surface area contributed by atoms with E-state index < -0.39 is 0 Å². The molecule has 0 spiro atoms. The third kappa shape index (κ3) is 2.37. The number of nitrogens with zero attached hydrogens (tertiary/aromatic N) is 2. The fraction of sp³-hybridized carbons (Fsp3) is 0.250. The highest BCUT2D eigenvalue weighted by Crippen LogP contribution is 2.32. The van der Waals surface area contributed by atoms with Crippen LogP contribution in [0.5, 0.6) is 0 Å². The van der Waals surface area contributed by atoms with Crippen LogP contribution in [0.25, 0.3) is 0 Å². The second-order valence-electron chi connectivity index (χ2n) is 5.05. The molecule has 1 aliphatic heterocycles. The highest BCUT2D eigenvalue weighted by molar-refractivity contribution is 5.93. The summed E-state index contributed by atoms with van der Waals surface area (Å²) in [6.45, 7) is 0.998. The zero-order valence-corrected chi connectivity index (χ0v) is 11.3. The molecular formula is C16H18N4. The summed E-state index contributed by atoms with van der Waals surface area (Å²) in [5, 5.41) is 7.40. The molecule has 0 saturated carbocycles. The van der Waals surface area contributed by atoms with E-state index in [4.69, 9.17) is 11.1 Å². The van der Waals surface area contributed by atoms with Gasteiger partial charge in [-0.2, -0.15) is 0 Å². The lowest BCUT2D eigenvalue weighted by Crippen LogP contribution is -2.19. The molecule has 0 aliphatic carbocycles. The zero-order chi connectivity index (χ0) is 13.9. The summed E-state index contributed by atoms with van der Waals surface area (Å²) in [6.07, 6.45) is 5.32. The maximum absolute atomic E-state index is 7.40. The van der Waals surface area contributed by atoms with Crippen LogP contribution in [0.1, 0.15) is 24.1 Å². The Morgan fingerprint density at radius 1 is 1.15 bits per heavy atom. The molecule has 4 nitrogen and oxygen atoms in total. The van der Waals surface area contributed by atoms with Crippen molar-refractivity contribution in [2.24, 2.45) is 5.73 Å². The van der Waals surface area contributed by atoms with Crippen molar-refractivity contribution in [3.63, 3.8) is 0 Å². The number of hydrogen-bond acceptors (Lipinski definition) is 3. The number of hydrogen-bond donors (Lipinski definition) is 2. The van der Waals surface area contributed by atoms with E-state index in [-0.39, 0.29) is 5.84 Å². The third-order valence-electron chi connectivity index (χ3n) is 3.70. The number of nitrogens with two attached hydrogens (primary N) is 1. The molecule has 20 heavy (non-hydrogen) atoms. The molecule has 1 aliphatic rings. The molecule has 4 heteroatoms. The van der Waals surface area contributed by atoms with E-state index >= 15 is 0 Å². The molecule has 1 aromatic carbocycles. The van der Waals surface area contributed by atoms with Gasteiger partial charge in [-0.05, 0) is 43.0 Å². The van der Waals surface area contributed by atoms with Crippen LogP contribution < -0.4 is 10.6 Å². The van der Waals surface area contributed by atoms with Crippen molar-refractivity contribution < 1.29 is 0 Å². The van der Waals surface area contributed by atoms with Crippen LogP contribution in [0.2, 0.25) is 0 Å². The van der Waals surface area contributed by atoms with Crippen molar-refractivity contribution in [1.82, 2.24) is 4.98 Å². The second kappa shape index (κ2) is 5.33. The maximum atomic E-state index is 7.40. The first-order valence-electron chi connectivity index (χ1n) is 6.91. The van der Waals surface area contributed by atoms with Gasteiger partial charge in [0, 0.05) is 12.2 Å². The van der Waals surface area contributed by atoms with Crippen molar-refractivity contribution >= 4 is 17.2 Å². The smallest absolute Gasteiger partial charge is 0.141 e. The standard InChI is InChI=1S/C16H18N4/c17-16(18)14-9-8-13(11-19-14)20-10-4-3-6-12-5-1-2-7-15(12)20/h1-2,5,7-9,11H,3-4,6,10H2,(H3,17,18). The lowest BCUT2D eigenvalue weighted by Gasteiger charge is -2.24. The number of aryl methyl sites for hydroxylation is 1. The number of rotatable bonds is 2. The number of benzene rings is 1. The Labute approximate surface area is 118 Å². The van der Waals surface area contributed by atoms with E-state index in [9.17, 15) is 0 Å². The fourth-order valence-corrected chi connectivity index (χ4v) is 2.66. The number of nitrogen functional groups attached to an aromatic ring is 1. The predicted octanol–water partition coefficient (Wildman–Crippen LogP) is 2.84. The Kier molecular flexibility index (Phi) is 3.37. The molecule has 3 rings (SSSR count). The molecule has 102 valence electrons. The van der Waals surface area contributed by atoms with Crippen LogP contribution in [-0.4, -0.2) is 17.4 Å². The summed E-state index contributed by atoms with van der Waals surface area (Å²) < 4.78 is 0. The van der Waals surface area contributed by atoms with Crippen molar-refractivity contribution in [2.75, 3.05) is 11.4 Å². The van der Waals surface area contributed by atoms with Gasteiger partial charge in [0.2, 0.25) is 0 Å². The zero-order valence-electron chi connectivity index (χ0n) is 11.3. The van der Waals surface area contributed by atoms with Crippen LogP contribution in [0.3, 0.4) is 0 Å². The van der Waals surface area contributed by atoms with Gasteiger partial charge in [0.15, 0.2) is 0 Å². The number of anilines is 2. The van der Waals surface area contributed by atoms with Crippen LogP contribution in [0, 0.1) is 5.41 Å². The van der Waals surface area contributed by atoms with Gasteiger partial charge in [-0.25, -0.2) is 0 Å². The average Bonchev–Trinajstić information content (AvgIpc) is 2.69. The van der Waals surface area contributed by atoms with Gasteiger partial charge in [0.25, 0.3) is 0 Å². The topological polar surface area (TPSA) is 66.0 Å². The quantitative estimate of drug-likeness (QED) is 0.649. The average molecular weight is 266 g/mol. The number of nitrogens with one attached hydrogen (secondary N) is 1. The summed E-state index contributed by atoms with van der Waals surface area (Å²) in [7, 11) is 0. The third-order valence-corrected chi connectivity index (χ3v) is 3.70. The van der Waals surface area contributed by atoms with Crippen LogP contribution in [0.4, 0.5) is 11.4 Å². The van der Waals surface area contributed by atoms with Gasteiger partial charge in [-0.1, -0.05) is 18.2 Å². The number of pyridine rings is 1. The van der Waals surface area contributed by atoms with Gasteiger partial charge in [-0.15, -0.1) is 0 Å². The molecule has 2 aromatic rings. The van der Waals surface area contributed by atoms with Gasteiger partial charge in [0.05, 0.1) is 11.9 Å². The minimum Gasteiger partial charge on any atom is -0.382 e. The summed E-state index contributed by atoms with van der Waals surface area (Å²) >= 11 is 0. The predicted molar refractivity (Wildman–Crippen MR) is 81.6 cm³/mol. The Morgan fingerprint density at radius 2 is 2.00 bits per heavy atom. The first-order valence-corrected chi connectivity index (χ1v) is 6.91. The first kappa shape index (κ1) is 12.7. The number of fused-ring (bicyclic) bond motifs is 1. The largest absolute Gasteiger partial charge is 0.382 e. The van der Waals surface area contributed by atoms with E-state index in [1.54, 1.807) is 6.20 Å². The Morgan fingerprint density at radius 3 is 2.75 bits per heavy atom. The van der Waals surface area contributed by atoms with E-state index in [0.29, 0.717) is 5.69 Å². The Bertz CT molecular complexity index is 619. The molecule has 3 N–H and O–H groups in total. The second-order valence-corrected chi connectivity index (χ2v) is 5.05. The molecule has 1 aromatic heterocycles. The number of amidine groups is 1. The van der Waals surface area contributed by atoms with E-state index in [2.05, 4.69) is 34.1 Å². The molecule has 0 amide bonds. The maximum Gasteiger partial charge on any atom is 0.141 e. The molecule has 0 fully saturated rings. The molecule has 0 bridgehead atoms. The van der Waals surface area contributed by atoms with Crippen LogP contribution in [0.15, 0.2) is 42.6 Å². The van der Waals surface area contributed by atoms with E-state index in [1.165, 1.54) is 24.1 Å². The minimum absolute atomic E-state index is 0.00724. The van der Waals surface area contributed by atoms with Gasteiger partial charge >= 0.3 is 0 Å². The monoisotopic (exact) mass is 266 g/mol. The molecular weight excluding hydrogens is 248 g/mol. The van der Waals surface area contributed by atoms with Crippen LogP contribution in [-0.2, 0) is 6.42 Å². The van der Waals surface area contributed by atoms with Crippen molar-refractivity contribution in [3.05, 3.63) is 53.9 Å².